The van der Waals surface area contributed by atoms with Crippen molar-refractivity contribution in [2.24, 2.45) is 35.5 Å². The van der Waals surface area contributed by atoms with Crippen molar-refractivity contribution < 1.29 is 37.6 Å². The van der Waals surface area contributed by atoms with Crippen molar-refractivity contribution in [3.8, 4) is 28.1 Å². The van der Waals surface area contributed by atoms with Crippen molar-refractivity contribution in [2.45, 2.75) is 212 Å². The molecule has 0 saturated carbocycles. The molecule has 0 aliphatic carbocycles. The predicted molar refractivity (Wildman–Crippen MR) is 448 cm³/mol. The lowest BCUT2D eigenvalue weighted by Gasteiger charge is -2.13. The summed E-state index contributed by atoms with van der Waals surface area (Å²) in [5.74, 6) is 7.87. The van der Waals surface area contributed by atoms with Crippen LogP contribution in [0.15, 0.2) is 182 Å². The minimum atomic E-state index is -4.23. The van der Waals surface area contributed by atoms with E-state index in [1.54, 1.807) is 27.4 Å². The molecule has 0 amide bonds. The van der Waals surface area contributed by atoms with Gasteiger partial charge in [0.15, 0.2) is 16.6 Å². The number of methoxy groups -OCH3 is 3. The van der Waals surface area contributed by atoms with Gasteiger partial charge >= 0.3 is 6.18 Å². The molecule has 0 aliphatic heterocycles. The largest absolute Gasteiger partial charge is 0.502 e. The quantitative estimate of drug-likeness (QED) is 0.0659. The Labute approximate surface area is 648 Å². The molecule has 0 bridgehead atoms. The molecule has 0 aliphatic rings. The van der Waals surface area contributed by atoms with Crippen LogP contribution in [0.1, 0.15) is 224 Å². The van der Waals surface area contributed by atoms with E-state index in [9.17, 15) is 23.4 Å². The van der Waals surface area contributed by atoms with Gasteiger partial charge in [0.25, 0.3) is 0 Å². The summed E-state index contributed by atoms with van der Waals surface area (Å²) in [6, 6.07) is 58.9. The van der Waals surface area contributed by atoms with Crippen LogP contribution in [-0.2, 0) is 38.3 Å². The topological polar surface area (TPSA) is 93.9 Å². The molecule has 10 rings (SSSR count). The third kappa shape index (κ3) is 37.3. The molecule has 0 saturated heterocycles. The number of alkyl halides is 3. The van der Waals surface area contributed by atoms with Crippen LogP contribution in [-0.4, -0.2) is 40.3 Å². The van der Waals surface area contributed by atoms with Gasteiger partial charge in [-0.1, -0.05) is 268 Å². The van der Waals surface area contributed by atoms with Crippen molar-refractivity contribution in [1.29, 1.82) is 0 Å². The molecule has 14 heteroatoms. The minimum absolute atomic E-state index is 0.0679. The van der Waals surface area contributed by atoms with E-state index in [1.165, 1.54) is 105 Å². The zero-order chi connectivity index (χ0) is 78.2. The van der Waals surface area contributed by atoms with Gasteiger partial charge in [0.1, 0.15) is 16.8 Å². The van der Waals surface area contributed by atoms with Gasteiger partial charge in [0, 0.05) is 20.3 Å². The first-order valence-electron chi connectivity index (χ1n) is 37.4. The highest BCUT2D eigenvalue weighted by atomic mass is 35.5. The van der Waals surface area contributed by atoms with Gasteiger partial charge in [0.2, 0.25) is 5.75 Å². The normalized spacial score (nSPS) is 11.3. The summed E-state index contributed by atoms with van der Waals surface area (Å²) >= 11 is 14.5. The van der Waals surface area contributed by atoms with Gasteiger partial charge in [-0.25, -0.2) is 0 Å². The lowest BCUT2D eigenvalue weighted by Crippen LogP contribution is -2.05. The Kier molecular flexibility index (Phi) is 43.6. The Bertz CT molecular complexity index is 3920. The number of ether oxygens (including phenoxy) is 3. The molecule has 0 spiro atoms. The van der Waals surface area contributed by atoms with E-state index in [0.717, 1.165) is 105 Å². The molecule has 10 aromatic rings. The predicted octanol–water partition coefficient (Wildman–Crippen LogP) is 28.8. The van der Waals surface area contributed by atoms with Gasteiger partial charge in [-0.05, 0) is 235 Å². The maximum absolute atomic E-state index is 12.4. The van der Waals surface area contributed by atoms with Crippen molar-refractivity contribution in [1.82, 2.24) is 8.75 Å². The van der Waals surface area contributed by atoms with E-state index >= 15 is 0 Å². The summed E-state index contributed by atoms with van der Waals surface area (Å²) in [4.78, 5) is 0. The number of fused-ring (bicyclic) bond motifs is 2. The molecule has 1 atom stereocenters. The molecular weight excluding hydrogens is 1390 g/mol. The van der Waals surface area contributed by atoms with Crippen LogP contribution in [0.3, 0.4) is 0 Å². The Hall–Kier alpha value is -7.09. The molecular formula is C91H123Cl2F3N2O5S2. The van der Waals surface area contributed by atoms with Crippen molar-refractivity contribution >= 4 is 67.4 Å². The summed E-state index contributed by atoms with van der Waals surface area (Å²) < 4.78 is 61.9. The van der Waals surface area contributed by atoms with Crippen molar-refractivity contribution in [3.63, 3.8) is 0 Å². The molecule has 0 fully saturated rings. The summed E-state index contributed by atoms with van der Waals surface area (Å²) in [5.41, 5.74) is 11.3. The third-order valence-corrected chi connectivity index (χ3v) is 19.4. The molecule has 8 aromatic carbocycles. The molecule has 1 unspecified atom stereocenters. The number of hydrogen-bond donors (Lipinski definition) is 2. The van der Waals surface area contributed by atoms with Crippen LogP contribution < -0.4 is 14.2 Å². The number of aromatic hydroxyl groups is 2. The number of aryl methyl sites for hydroxylation is 5. The van der Waals surface area contributed by atoms with Crippen LogP contribution in [0.4, 0.5) is 13.2 Å². The summed E-state index contributed by atoms with van der Waals surface area (Å²) in [6.07, 6.45) is 7.90. The Morgan fingerprint density at radius 2 is 0.914 bits per heavy atom. The molecule has 2 aromatic heterocycles. The van der Waals surface area contributed by atoms with Gasteiger partial charge < -0.3 is 24.4 Å². The molecule has 2 N–H and O–H groups in total. The van der Waals surface area contributed by atoms with Gasteiger partial charge in [-0.2, -0.15) is 21.9 Å². The molecule has 7 nitrogen and oxygen atoms in total. The number of halogens is 5. The van der Waals surface area contributed by atoms with E-state index in [0.29, 0.717) is 52.6 Å². The average Bonchev–Trinajstić information content (AvgIpc) is 1.67. The first-order chi connectivity index (χ1) is 49.7. The maximum Gasteiger partial charge on any atom is 0.416 e. The van der Waals surface area contributed by atoms with Gasteiger partial charge in [-0.3, -0.25) is 0 Å². The maximum atomic E-state index is 12.4. The van der Waals surface area contributed by atoms with Crippen LogP contribution >= 0.6 is 46.3 Å². The zero-order valence-electron chi connectivity index (χ0n) is 66.5. The van der Waals surface area contributed by atoms with Crippen LogP contribution in [0.2, 0.25) is 10.0 Å². The van der Waals surface area contributed by atoms with Crippen LogP contribution in [0.25, 0.3) is 21.1 Å². The second-order valence-electron chi connectivity index (χ2n) is 29.9. The first-order valence-corrected chi connectivity index (χ1v) is 39.7. The van der Waals surface area contributed by atoms with Gasteiger partial charge in [-0.15, -0.1) is 0 Å². The SMILES string of the molecule is CC(C)CC(C)c1ccccc1.CC(C)CCc1ccc(Cl)cc1.CC(C)CCc1cccc(C(F)(F)F)c1.CC(C)CCc1ccccc1Cl.CC(C)c1c(O)sc2ccccc12.CC(C)c1ccc2nsnc2c1.COc1cc(CCC(C)C)cc(OC)c1O.COc1ccc(CCC(C)C)cc1. The molecule has 105 heavy (non-hydrogen) atoms. The highest BCUT2D eigenvalue weighted by Gasteiger charge is 2.30. The van der Waals surface area contributed by atoms with E-state index in [4.69, 9.17) is 37.4 Å². The summed E-state index contributed by atoms with van der Waals surface area (Å²) in [7, 11) is 4.78. The lowest BCUT2D eigenvalue weighted by atomic mass is 9.92. The Balaban J connectivity index is 0.000000312. The lowest BCUT2D eigenvalue weighted by molar-refractivity contribution is -0.137. The van der Waals surface area contributed by atoms with Crippen LogP contribution in [0, 0.1) is 35.5 Å². The summed E-state index contributed by atoms with van der Waals surface area (Å²) in [6.45, 7) is 37.4. The number of thiophene rings is 1. The van der Waals surface area contributed by atoms with Gasteiger partial charge in [0.05, 0.1) is 38.6 Å². The fourth-order valence-corrected chi connectivity index (χ4v) is 12.8. The van der Waals surface area contributed by atoms with E-state index < -0.39 is 11.7 Å². The average molecular weight is 1520 g/mol. The highest BCUT2D eigenvalue weighted by molar-refractivity contribution is 7.20. The van der Waals surface area contributed by atoms with Crippen LogP contribution in [0.5, 0.6) is 28.1 Å². The smallest absolute Gasteiger partial charge is 0.416 e. The van der Waals surface area contributed by atoms with E-state index in [-0.39, 0.29) is 5.75 Å². The minimum Gasteiger partial charge on any atom is -0.502 e. The second kappa shape index (κ2) is 49.7. The van der Waals surface area contributed by atoms with E-state index in [1.807, 2.05) is 78.9 Å². The third-order valence-electron chi connectivity index (χ3n) is 17.2. The van der Waals surface area contributed by atoms with Crippen molar-refractivity contribution in [3.05, 3.63) is 242 Å². The summed E-state index contributed by atoms with van der Waals surface area (Å²) in [5, 5.41) is 22.9. The highest BCUT2D eigenvalue weighted by Crippen LogP contribution is 2.41. The number of rotatable bonds is 23. The Morgan fingerprint density at radius 1 is 0.429 bits per heavy atom. The monoisotopic (exact) mass is 1510 g/mol. The standard InChI is InChI=1S/C13H20O3.C12H15F3.C12H18O.C12H18.2C11H15Cl.C11H12OS.C9H10N2S/c1-9(2)5-6-10-7-11(15-3)13(14)12(8-10)16-4;1-9(2)6-7-10-4-3-5-11(8-10)12(13,14)15;1-10(2)4-5-11-6-8-12(13-3)9-7-11;1-10(2)9-11(3)12-7-5-4-6-8-12;1-9(2)3-4-10-5-7-11(12)8-6-10;1-9(2)7-8-10-5-3-4-6-11(10)12;1-7(2)10-8-5-3-4-6-9(8)13-11(10)12;1-6(2)7-3-4-8-9(5-7)11-12-10-8/h7-9,14H,5-6H2,1-4H3;3-5,8-9H,6-7H2,1-2H3;6-10H,4-5H2,1-3H3;4-8,10-11H,9H2,1-3H3;5-9H,3-4H2,1-2H3;3-6,9H,7-8H2,1-2H3;3-7,12H,1-2H3;3-6H,1-2H3. The molecule has 2 heterocycles. The molecule has 0 radical (unpaired) electrons. The number of benzene rings is 8. The number of phenolic OH excluding ortho intramolecular Hbond substituents is 1. The Morgan fingerprint density at radius 3 is 1.41 bits per heavy atom. The number of phenols is 1. The number of hydrogen-bond acceptors (Lipinski definition) is 9. The number of aromatic nitrogens is 2. The zero-order valence-corrected chi connectivity index (χ0v) is 69.7. The fraction of sp³-hybridized carbons (Fsp3) is 0.451. The first kappa shape index (κ1) is 92.1. The molecule has 574 valence electrons. The second-order valence-corrected chi connectivity index (χ2v) is 32.3. The fourth-order valence-electron chi connectivity index (χ4n) is 10.8. The number of nitrogens with zero attached hydrogens (tertiary/aromatic N) is 2. The van der Waals surface area contributed by atoms with Crippen molar-refractivity contribution in [2.75, 3.05) is 21.3 Å². The van der Waals surface area contributed by atoms with E-state index in [2.05, 4.69) is 205 Å².